The first-order chi connectivity index (χ1) is 13.1. The van der Waals surface area contributed by atoms with E-state index < -0.39 is 0 Å². The summed E-state index contributed by atoms with van der Waals surface area (Å²) >= 11 is 3.84. The highest BCUT2D eigenvalue weighted by Crippen LogP contribution is 2.43. The van der Waals surface area contributed by atoms with Crippen molar-refractivity contribution in [2.75, 3.05) is 0 Å². The highest BCUT2D eigenvalue weighted by Gasteiger charge is 2.18. The van der Waals surface area contributed by atoms with Gasteiger partial charge in [0.2, 0.25) is 0 Å². The summed E-state index contributed by atoms with van der Waals surface area (Å²) in [5, 5.41) is 5.62. The fourth-order valence-electron chi connectivity index (χ4n) is 3.98. The lowest BCUT2D eigenvalue weighted by molar-refractivity contribution is 0.591. The molecule has 0 fully saturated rings. The van der Waals surface area contributed by atoms with Gasteiger partial charge in [-0.1, -0.05) is 53.7 Å². The van der Waals surface area contributed by atoms with Crippen molar-refractivity contribution in [2.45, 2.75) is 52.4 Å². The van der Waals surface area contributed by atoms with E-state index in [1.54, 1.807) is 0 Å². The van der Waals surface area contributed by atoms with E-state index in [1.165, 1.54) is 51.5 Å². The van der Waals surface area contributed by atoms with E-state index in [9.17, 15) is 0 Å². The molecule has 0 saturated carbocycles. The first kappa shape index (κ1) is 18.1. The Balaban J connectivity index is 1.82. The summed E-state index contributed by atoms with van der Waals surface area (Å²) in [4.78, 5) is 0. The SMILES string of the molecule is CC(C)(C)c1ccc2sc3cc4c(cc3c2c1)sc1ccc(C(C)(C)C)cc14. The minimum Gasteiger partial charge on any atom is -0.135 e. The molecule has 0 atom stereocenters. The van der Waals surface area contributed by atoms with E-state index in [1.807, 2.05) is 22.7 Å². The van der Waals surface area contributed by atoms with Crippen LogP contribution in [0.2, 0.25) is 0 Å². The lowest BCUT2D eigenvalue weighted by Crippen LogP contribution is -2.10. The molecule has 0 N–H and O–H groups in total. The molecule has 5 aromatic rings. The fourth-order valence-corrected chi connectivity index (χ4v) is 6.19. The quantitative estimate of drug-likeness (QED) is 0.242. The van der Waals surface area contributed by atoms with Crippen LogP contribution in [0.3, 0.4) is 0 Å². The van der Waals surface area contributed by atoms with E-state index in [0.29, 0.717) is 0 Å². The molecule has 0 aliphatic heterocycles. The molecule has 2 heteroatoms. The van der Waals surface area contributed by atoms with Crippen LogP contribution in [-0.4, -0.2) is 0 Å². The molecule has 0 unspecified atom stereocenters. The zero-order valence-corrected chi connectivity index (χ0v) is 19.1. The van der Waals surface area contributed by atoms with Crippen LogP contribution < -0.4 is 0 Å². The molecule has 0 bridgehead atoms. The summed E-state index contributed by atoms with van der Waals surface area (Å²) in [6.07, 6.45) is 0. The van der Waals surface area contributed by atoms with E-state index in [0.717, 1.165) is 0 Å². The Morgan fingerprint density at radius 2 is 0.821 bits per heavy atom. The van der Waals surface area contributed by atoms with Crippen LogP contribution in [0.4, 0.5) is 0 Å². The van der Waals surface area contributed by atoms with Crippen molar-refractivity contribution in [3.8, 4) is 0 Å². The number of hydrogen-bond acceptors (Lipinski definition) is 2. The lowest BCUT2D eigenvalue weighted by Gasteiger charge is -2.19. The molecule has 0 aliphatic rings. The molecule has 2 aromatic heterocycles. The average Bonchev–Trinajstić information content (AvgIpc) is 3.14. The third kappa shape index (κ3) is 2.77. The predicted molar refractivity (Wildman–Crippen MR) is 130 cm³/mol. The van der Waals surface area contributed by atoms with Gasteiger partial charge < -0.3 is 0 Å². The molecule has 5 rings (SSSR count). The monoisotopic (exact) mass is 402 g/mol. The van der Waals surface area contributed by atoms with Gasteiger partial charge in [0.15, 0.2) is 0 Å². The van der Waals surface area contributed by atoms with E-state index >= 15 is 0 Å². The third-order valence-electron chi connectivity index (χ3n) is 5.79. The Morgan fingerprint density at radius 3 is 1.18 bits per heavy atom. The number of rotatable bonds is 0. The minimum atomic E-state index is 0.174. The van der Waals surface area contributed by atoms with Gasteiger partial charge in [0.25, 0.3) is 0 Å². The summed E-state index contributed by atoms with van der Waals surface area (Å²) in [6.45, 7) is 13.7. The Labute approximate surface area is 174 Å². The van der Waals surface area contributed by atoms with E-state index in [2.05, 4.69) is 90.1 Å². The maximum atomic E-state index is 2.43. The second-order valence-electron chi connectivity index (χ2n) is 9.97. The molecule has 3 aromatic carbocycles. The van der Waals surface area contributed by atoms with Crippen LogP contribution in [0.5, 0.6) is 0 Å². The maximum Gasteiger partial charge on any atom is 0.0362 e. The summed E-state index contributed by atoms with van der Waals surface area (Å²) in [5.74, 6) is 0. The minimum absolute atomic E-state index is 0.174. The predicted octanol–water partition coefficient (Wildman–Crippen LogP) is 9.02. The Bertz CT molecular complexity index is 1260. The molecular weight excluding hydrogens is 376 g/mol. The van der Waals surface area contributed by atoms with Crippen LogP contribution in [-0.2, 0) is 10.8 Å². The number of hydrogen-bond donors (Lipinski definition) is 0. The topological polar surface area (TPSA) is 0 Å². The molecule has 2 heterocycles. The standard InChI is InChI=1S/C26H26S2/c1-25(2,3)15-7-9-21-17(11-15)19-13-24-20(14-23(19)27-21)18-12-16(26(4,5)6)8-10-22(18)28-24/h7-14H,1-6H3. The Hall–Kier alpha value is -1.90. The first-order valence-electron chi connectivity index (χ1n) is 9.95. The Morgan fingerprint density at radius 1 is 0.464 bits per heavy atom. The highest BCUT2D eigenvalue weighted by molar-refractivity contribution is 7.27. The molecule has 0 saturated heterocycles. The molecular formula is C26H26S2. The van der Waals surface area contributed by atoms with Crippen molar-refractivity contribution in [1.82, 2.24) is 0 Å². The molecule has 142 valence electrons. The largest absolute Gasteiger partial charge is 0.135 e. The van der Waals surface area contributed by atoms with Crippen LogP contribution in [0.25, 0.3) is 40.3 Å². The maximum absolute atomic E-state index is 2.43. The van der Waals surface area contributed by atoms with E-state index in [4.69, 9.17) is 0 Å². The van der Waals surface area contributed by atoms with Crippen LogP contribution in [0.15, 0.2) is 48.5 Å². The number of benzene rings is 3. The smallest absolute Gasteiger partial charge is 0.0362 e. The molecule has 28 heavy (non-hydrogen) atoms. The number of fused-ring (bicyclic) bond motifs is 6. The number of thiophene rings is 2. The van der Waals surface area contributed by atoms with Gasteiger partial charge in [0.05, 0.1) is 0 Å². The summed E-state index contributed by atoms with van der Waals surface area (Å²) < 4.78 is 5.57. The molecule has 0 aliphatic carbocycles. The summed E-state index contributed by atoms with van der Waals surface area (Å²) in [6, 6.07) is 18.9. The molecule has 0 radical (unpaired) electrons. The van der Waals surface area contributed by atoms with Crippen molar-refractivity contribution >= 4 is 63.0 Å². The zero-order chi connectivity index (χ0) is 19.8. The van der Waals surface area contributed by atoms with Gasteiger partial charge in [-0.25, -0.2) is 0 Å². The van der Waals surface area contributed by atoms with Crippen molar-refractivity contribution in [1.29, 1.82) is 0 Å². The van der Waals surface area contributed by atoms with Gasteiger partial charge in [-0.05, 0) is 58.4 Å². The van der Waals surface area contributed by atoms with Gasteiger partial charge in [-0.2, -0.15) is 0 Å². The van der Waals surface area contributed by atoms with Crippen molar-refractivity contribution in [3.05, 3.63) is 59.7 Å². The fraction of sp³-hybridized carbons (Fsp3) is 0.308. The lowest BCUT2D eigenvalue weighted by atomic mass is 9.86. The van der Waals surface area contributed by atoms with Gasteiger partial charge >= 0.3 is 0 Å². The average molecular weight is 403 g/mol. The second kappa shape index (κ2) is 5.81. The zero-order valence-electron chi connectivity index (χ0n) is 17.4. The van der Waals surface area contributed by atoms with Crippen molar-refractivity contribution in [3.63, 3.8) is 0 Å². The van der Waals surface area contributed by atoms with Gasteiger partial charge in [0.1, 0.15) is 0 Å². The molecule has 0 spiro atoms. The van der Waals surface area contributed by atoms with Gasteiger partial charge in [-0.3, -0.25) is 0 Å². The van der Waals surface area contributed by atoms with Crippen LogP contribution in [0, 0.1) is 0 Å². The normalized spacial score (nSPS) is 13.4. The van der Waals surface area contributed by atoms with Crippen LogP contribution in [0.1, 0.15) is 52.7 Å². The van der Waals surface area contributed by atoms with E-state index in [-0.39, 0.29) is 10.8 Å². The summed E-state index contributed by atoms with van der Waals surface area (Å²) in [5.41, 5.74) is 3.16. The summed E-state index contributed by atoms with van der Waals surface area (Å²) in [7, 11) is 0. The Kier molecular flexibility index (Phi) is 3.76. The molecule has 0 nitrogen and oxygen atoms in total. The van der Waals surface area contributed by atoms with Gasteiger partial charge in [-0.15, -0.1) is 22.7 Å². The third-order valence-corrected chi connectivity index (χ3v) is 8.06. The first-order valence-corrected chi connectivity index (χ1v) is 11.6. The van der Waals surface area contributed by atoms with Crippen molar-refractivity contribution < 1.29 is 0 Å². The highest BCUT2D eigenvalue weighted by atomic mass is 32.1. The van der Waals surface area contributed by atoms with Crippen molar-refractivity contribution in [2.24, 2.45) is 0 Å². The molecule has 0 amide bonds. The van der Waals surface area contributed by atoms with Crippen LogP contribution >= 0.6 is 22.7 Å². The van der Waals surface area contributed by atoms with Gasteiger partial charge in [0, 0.05) is 40.3 Å². The second-order valence-corrected chi connectivity index (χ2v) is 12.1.